The van der Waals surface area contributed by atoms with E-state index in [-0.39, 0.29) is 19.1 Å². The highest BCUT2D eigenvalue weighted by Crippen LogP contribution is 2.43. The fourth-order valence-corrected chi connectivity index (χ4v) is 8.90. The predicted molar refractivity (Wildman–Crippen MR) is 259 cm³/mol. The number of unbranched alkanes of at least 4 members (excludes halogenated alkanes) is 36. The molecule has 0 aliphatic heterocycles. The van der Waals surface area contributed by atoms with Gasteiger partial charge in [0.1, 0.15) is 13.2 Å². The molecular weight excluding hydrogens is 768 g/mol. The van der Waals surface area contributed by atoms with E-state index in [0.717, 1.165) is 38.5 Å². The number of quaternary nitrogens is 1. The third kappa shape index (κ3) is 45.5. The monoisotopic (exact) mass is 874 g/mol. The normalized spacial score (nSPS) is 14.1. The van der Waals surface area contributed by atoms with Crippen molar-refractivity contribution < 1.29 is 32.9 Å². The second-order valence-electron chi connectivity index (χ2n) is 19.6. The second kappa shape index (κ2) is 43.7. The number of hydrogen-bond donors (Lipinski definition) is 3. The van der Waals surface area contributed by atoms with Crippen molar-refractivity contribution in [3.8, 4) is 0 Å². The van der Waals surface area contributed by atoms with Gasteiger partial charge in [0, 0.05) is 6.42 Å². The summed E-state index contributed by atoms with van der Waals surface area (Å²) >= 11 is 0. The first-order valence-electron chi connectivity index (χ1n) is 26.4. The molecular formula is C51H106N2O6P+. The molecule has 0 aliphatic carbocycles. The van der Waals surface area contributed by atoms with E-state index >= 15 is 0 Å². The Morgan fingerprint density at radius 2 is 0.800 bits per heavy atom. The Labute approximate surface area is 374 Å². The number of carbonyl (C=O) groups is 1. The maximum absolute atomic E-state index is 13.0. The van der Waals surface area contributed by atoms with Crippen LogP contribution in [0.25, 0.3) is 0 Å². The van der Waals surface area contributed by atoms with Gasteiger partial charge < -0.3 is 19.8 Å². The lowest BCUT2D eigenvalue weighted by Crippen LogP contribution is -2.46. The lowest BCUT2D eigenvalue weighted by Gasteiger charge is -2.26. The molecule has 0 rings (SSSR count). The van der Waals surface area contributed by atoms with Crippen molar-refractivity contribution >= 4 is 13.7 Å². The van der Waals surface area contributed by atoms with Crippen molar-refractivity contribution in [3.63, 3.8) is 0 Å². The highest BCUT2D eigenvalue weighted by Gasteiger charge is 2.28. The number of phosphoric ester groups is 1. The Hall–Kier alpha value is -0.500. The van der Waals surface area contributed by atoms with Crippen molar-refractivity contribution in [2.24, 2.45) is 0 Å². The Bertz CT molecular complexity index is 947. The van der Waals surface area contributed by atoms with Gasteiger partial charge in [-0.1, -0.05) is 251 Å². The number of phosphoric acid groups is 1. The van der Waals surface area contributed by atoms with Gasteiger partial charge in [0.05, 0.1) is 39.9 Å². The van der Waals surface area contributed by atoms with Crippen molar-refractivity contribution in [2.75, 3.05) is 40.9 Å². The summed E-state index contributed by atoms with van der Waals surface area (Å²) in [5.74, 6) is -0.138. The molecule has 3 N–H and O–H groups in total. The minimum absolute atomic E-state index is 0.0790. The van der Waals surface area contributed by atoms with Gasteiger partial charge in [-0.3, -0.25) is 13.8 Å². The summed E-state index contributed by atoms with van der Waals surface area (Å²) < 4.78 is 23.7. The van der Waals surface area contributed by atoms with Crippen LogP contribution < -0.4 is 5.32 Å². The molecule has 0 bridgehead atoms. The fraction of sp³-hybridized carbons (Fsp3) is 0.980. The molecule has 9 heteroatoms. The van der Waals surface area contributed by atoms with Crippen LogP contribution in [0.3, 0.4) is 0 Å². The van der Waals surface area contributed by atoms with Crippen LogP contribution in [-0.4, -0.2) is 73.4 Å². The van der Waals surface area contributed by atoms with Crippen LogP contribution in [0.2, 0.25) is 0 Å². The third-order valence-electron chi connectivity index (χ3n) is 12.4. The zero-order valence-corrected chi connectivity index (χ0v) is 41.9. The molecule has 0 saturated heterocycles. The van der Waals surface area contributed by atoms with Crippen LogP contribution >= 0.6 is 7.82 Å². The number of rotatable bonds is 49. The van der Waals surface area contributed by atoms with Crippen LogP contribution in [0.5, 0.6) is 0 Å². The topological polar surface area (TPSA) is 105 Å². The molecule has 0 aromatic heterocycles. The molecule has 3 atom stereocenters. The van der Waals surface area contributed by atoms with Gasteiger partial charge in [-0.05, 0) is 12.8 Å². The van der Waals surface area contributed by atoms with Crippen molar-refractivity contribution in [1.29, 1.82) is 0 Å². The lowest BCUT2D eigenvalue weighted by atomic mass is 10.0. The first-order valence-corrected chi connectivity index (χ1v) is 27.9. The highest BCUT2D eigenvalue weighted by molar-refractivity contribution is 7.47. The van der Waals surface area contributed by atoms with Crippen molar-refractivity contribution in [2.45, 2.75) is 283 Å². The Kier molecular flexibility index (Phi) is 43.4. The molecule has 0 aromatic carbocycles. The SMILES string of the molecule is CCCCCCCCCCCCCCCCCCCCCCC(O)C(COP(=O)(O)OCC[N+](C)(C)C)NC(=O)CCCCCCCCCCCCCCCCCCCC. The van der Waals surface area contributed by atoms with E-state index in [1.807, 2.05) is 21.1 Å². The first kappa shape index (κ1) is 59.5. The molecule has 360 valence electrons. The summed E-state index contributed by atoms with van der Waals surface area (Å²) in [6.45, 7) is 4.94. The van der Waals surface area contributed by atoms with E-state index in [2.05, 4.69) is 19.2 Å². The molecule has 0 aliphatic rings. The van der Waals surface area contributed by atoms with Gasteiger partial charge >= 0.3 is 7.82 Å². The second-order valence-corrected chi connectivity index (χ2v) is 21.1. The van der Waals surface area contributed by atoms with E-state index in [1.54, 1.807) is 0 Å². The quantitative estimate of drug-likeness (QED) is 0.0319. The molecule has 0 aromatic rings. The van der Waals surface area contributed by atoms with Crippen LogP contribution in [0.4, 0.5) is 0 Å². The highest BCUT2D eigenvalue weighted by atomic mass is 31.2. The van der Waals surface area contributed by atoms with E-state index in [9.17, 15) is 19.4 Å². The number of aliphatic hydroxyl groups excluding tert-OH is 1. The summed E-state index contributed by atoms with van der Waals surface area (Å²) in [5.41, 5.74) is 0. The zero-order valence-electron chi connectivity index (χ0n) is 41.0. The zero-order chi connectivity index (χ0) is 44.3. The van der Waals surface area contributed by atoms with Crippen LogP contribution in [-0.2, 0) is 18.4 Å². The van der Waals surface area contributed by atoms with Gasteiger partial charge in [-0.25, -0.2) is 4.57 Å². The molecule has 8 nitrogen and oxygen atoms in total. The number of amides is 1. The minimum Gasteiger partial charge on any atom is -0.391 e. The maximum Gasteiger partial charge on any atom is 0.472 e. The molecule has 0 heterocycles. The van der Waals surface area contributed by atoms with Gasteiger partial charge in [0.15, 0.2) is 0 Å². The van der Waals surface area contributed by atoms with E-state index < -0.39 is 20.0 Å². The first-order chi connectivity index (χ1) is 29.0. The standard InChI is InChI=1S/C51H105N2O6P/c1-6-8-10-12-14-16-18-20-22-24-26-27-28-30-32-34-36-38-40-42-44-50(54)49(48-59-60(56,57)58-47-46-53(3,4)5)52-51(55)45-43-41-39-37-35-33-31-29-25-23-21-19-17-15-13-11-9-7-2/h49-50,54H,6-48H2,1-5H3,(H-,52,55,56,57)/p+1. The molecule has 1 amide bonds. The smallest absolute Gasteiger partial charge is 0.391 e. The molecule has 0 spiro atoms. The average molecular weight is 874 g/mol. The fourth-order valence-electron chi connectivity index (χ4n) is 8.17. The number of hydrogen-bond acceptors (Lipinski definition) is 5. The van der Waals surface area contributed by atoms with E-state index in [0.29, 0.717) is 23.9 Å². The van der Waals surface area contributed by atoms with Crippen LogP contribution in [0.15, 0.2) is 0 Å². The Morgan fingerprint density at radius 1 is 0.500 bits per heavy atom. The Morgan fingerprint density at radius 3 is 1.12 bits per heavy atom. The third-order valence-corrected chi connectivity index (χ3v) is 13.3. The summed E-state index contributed by atoms with van der Waals surface area (Å²) in [4.78, 5) is 23.3. The average Bonchev–Trinajstić information content (AvgIpc) is 3.20. The maximum atomic E-state index is 13.0. The summed E-state index contributed by atoms with van der Waals surface area (Å²) in [6.07, 6.45) is 49.9. The minimum atomic E-state index is -4.31. The van der Waals surface area contributed by atoms with Gasteiger partial charge in [0.25, 0.3) is 0 Å². The molecule has 0 saturated carbocycles. The summed E-state index contributed by atoms with van der Waals surface area (Å²) in [5, 5.41) is 14.0. The summed E-state index contributed by atoms with van der Waals surface area (Å²) in [7, 11) is 1.63. The number of likely N-dealkylation sites (N-methyl/N-ethyl adjacent to an activating group) is 1. The van der Waals surface area contributed by atoms with Gasteiger partial charge in [-0.2, -0.15) is 0 Å². The van der Waals surface area contributed by atoms with E-state index in [1.165, 1.54) is 205 Å². The molecule has 60 heavy (non-hydrogen) atoms. The largest absolute Gasteiger partial charge is 0.472 e. The molecule has 3 unspecified atom stereocenters. The van der Waals surface area contributed by atoms with Crippen LogP contribution in [0.1, 0.15) is 271 Å². The van der Waals surface area contributed by atoms with Gasteiger partial charge in [-0.15, -0.1) is 0 Å². The van der Waals surface area contributed by atoms with E-state index in [4.69, 9.17) is 9.05 Å². The molecule has 0 radical (unpaired) electrons. The Balaban J connectivity index is 4.20. The predicted octanol–water partition coefficient (Wildman–Crippen LogP) is 15.3. The molecule has 0 fully saturated rings. The number of aliphatic hydroxyl groups is 1. The number of carbonyl (C=O) groups excluding carboxylic acids is 1. The van der Waals surface area contributed by atoms with Crippen LogP contribution in [0, 0.1) is 0 Å². The number of nitrogens with one attached hydrogen (secondary N) is 1. The van der Waals surface area contributed by atoms with Gasteiger partial charge in [0.2, 0.25) is 5.91 Å². The van der Waals surface area contributed by atoms with Crippen molar-refractivity contribution in [3.05, 3.63) is 0 Å². The number of nitrogens with zero attached hydrogens (tertiary/aromatic N) is 1. The summed E-state index contributed by atoms with van der Waals surface area (Å²) in [6, 6.07) is -0.754. The van der Waals surface area contributed by atoms with Crippen molar-refractivity contribution in [1.82, 2.24) is 5.32 Å². The lowest BCUT2D eigenvalue weighted by molar-refractivity contribution is -0.870.